The molecular weight excluding hydrogens is 353 g/mol. The number of aryl methyl sites for hydroxylation is 2. The maximum atomic E-state index is 12.9. The predicted octanol–water partition coefficient (Wildman–Crippen LogP) is 5.66. The zero-order chi connectivity index (χ0) is 16.9. The topological polar surface area (TPSA) is 3.24 Å². The highest BCUT2D eigenvalue weighted by Gasteiger charge is 2.20. The highest BCUT2D eigenvalue weighted by atomic mass is 35.5. The number of piperidine rings is 1. The number of thioether (sulfide) groups is 1. The summed E-state index contributed by atoms with van der Waals surface area (Å²) >= 11 is 2.05. The minimum atomic E-state index is -0.150. The maximum Gasteiger partial charge on any atom is 0.123 e. The van der Waals surface area contributed by atoms with Crippen molar-refractivity contribution in [2.75, 3.05) is 19.6 Å². The molecule has 2 aromatic rings. The van der Waals surface area contributed by atoms with Crippen LogP contribution in [0.1, 0.15) is 29.5 Å². The fourth-order valence-electron chi connectivity index (χ4n) is 3.30. The van der Waals surface area contributed by atoms with Crippen molar-refractivity contribution in [2.24, 2.45) is 0 Å². The van der Waals surface area contributed by atoms with Crippen LogP contribution in [0.15, 0.2) is 47.4 Å². The van der Waals surface area contributed by atoms with Gasteiger partial charge in [0.25, 0.3) is 0 Å². The molecule has 0 aliphatic carbocycles. The van der Waals surface area contributed by atoms with E-state index in [1.165, 1.54) is 47.5 Å². The van der Waals surface area contributed by atoms with E-state index in [-0.39, 0.29) is 18.2 Å². The van der Waals surface area contributed by atoms with Crippen molar-refractivity contribution in [3.8, 4) is 0 Å². The van der Waals surface area contributed by atoms with E-state index in [1.807, 2.05) is 23.9 Å². The van der Waals surface area contributed by atoms with Gasteiger partial charge in [0.05, 0.1) is 0 Å². The first-order valence-corrected chi connectivity index (χ1v) is 9.69. The Bertz CT molecular complexity index is 666. The molecule has 0 N–H and O–H groups in total. The molecule has 1 heterocycles. The lowest BCUT2D eigenvalue weighted by Gasteiger charge is -2.31. The highest BCUT2D eigenvalue weighted by Crippen LogP contribution is 2.32. The zero-order valence-corrected chi connectivity index (χ0v) is 16.6. The number of likely N-dealkylation sites (tertiary alicyclic amines) is 1. The molecule has 0 spiro atoms. The van der Waals surface area contributed by atoms with Crippen LogP contribution in [-0.4, -0.2) is 29.8 Å². The molecule has 1 aliphatic rings. The molecular formula is C21H27ClFNS. The molecule has 2 aromatic carbocycles. The summed E-state index contributed by atoms with van der Waals surface area (Å²) in [5, 5.41) is 0.730. The SMILES string of the molecule is Cc1ccc(SC2CCN(CCc3ccc(F)cc3)CC2)c(C)c1.Cl. The van der Waals surface area contributed by atoms with E-state index in [0.29, 0.717) is 0 Å². The maximum absolute atomic E-state index is 12.9. The Balaban J connectivity index is 0.00000225. The van der Waals surface area contributed by atoms with E-state index in [0.717, 1.165) is 18.2 Å². The van der Waals surface area contributed by atoms with Gasteiger partial charge in [-0.3, -0.25) is 0 Å². The summed E-state index contributed by atoms with van der Waals surface area (Å²) in [7, 11) is 0. The molecule has 1 saturated heterocycles. The lowest BCUT2D eigenvalue weighted by atomic mass is 10.1. The van der Waals surface area contributed by atoms with Crippen molar-refractivity contribution in [3.63, 3.8) is 0 Å². The molecule has 4 heteroatoms. The molecule has 0 saturated carbocycles. The van der Waals surface area contributed by atoms with Crippen LogP contribution in [-0.2, 0) is 6.42 Å². The first kappa shape index (κ1) is 20.3. The van der Waals surface area contributed by atoms with Crippen molar-refractivity contribution in [3.05, 3.63) is 65.0 Å². The van der Waals surface area contributed by atoms with Gasteiger partial charge in [0.15, 0.2) is 0 Å². The molecule has 136 valence electrons. The molecule has 0 bridgehead atoms. The van der Waals surface area contributed by atoms with Crippen molar-refractivity contribution in [2.45, 2.75) is 43.3 Å². The van der Waals surface area contributed by atoms with Gasteiger partial charge in [-0.25, -0.2) is 4.39 Å². The Morgan fingerprint density at radius 2 is 1.72 bits per heavy atom. The molecule has 0 aromatic heterocycles. The number of rotatable bonds is 5. The van der Waals surface area contributed by atoms with Crippen LogP contribution in [0, 0.1) is 19.7 Å². The van der Waals surface area contributed by atoms with Gasteiger partial charge in [-0.2, -0.15) is 0 Å². The van der Waals surface area contributed by atoms with E-state index >= 15 is 0 Å². The van der Waals surface area contributed by atoms with Gasteiger partial charge in [0, 0.05) is 16.7 Å². The summed E-state index contributed by atoms with van der Waals surface area (Å²) in [6.45, 7) is 7.79. The number of nitrogens with zero attached hydrogens (tertiary/aromatic N) is 1. The molecule has 0 atom stereocenters. The number of benzene rings is 2. The second kappa shape index (κ2) is 9.61. The fourth-order valence-corrected chi connectivity index (χ4v) is 4.50. The minimum Gasteiger partial charge on any atom is -0.303 e. The molecule has 0 unspecified atom stereocenters. The third kappa shape index (κ3) is 6.02. The molecule has 0 amide bonds. The minimum absolute atomic E-state index is 0. The summed E-state index contributed by atoms with van der Waals surface area (Å²) in [4.78, 5) is 3.98. The van der Waals surface area contributed by atoms with Crippen LogP contribution < -0.4 is 0 Å². The third-order valence-electron chi connectivity index (χ3n) is 4.79. The third-order valence-corrected chi connectivity index (χ3v) is 6.31. The Morgan fingerprint density at radius 3 is 2.36 bits per heavy atom. The van der Waals surface area contributed by atoms with Gasteiger partial charge in [0.1, 0.15) is 5.82 Å². The number of hydrogen-bond acceptors (Lipinski definition) is 2. The largest absolute Gasteiger partial charge is 0.303 e. The second-order valence-corrected chi connectivity index (χ2v) is 8.15. The van der Waals surface area contributed by atoms with Crippen LogP contribution >= 0.6 is 24.2 Å². The normalized spacial score (nSPS) is 15.8. The van der Waals surface area contributed by atoms with Crippen LogP contribution in [0.5, 0.6) is 0 Å². The Morgan fingerprint density at radius 1 is 1.04 bits per heavy atom. The zero-order valence-electron chi connectivity index (χ0n) is 15.0. The van der Waals surface area contributed by atoms with E-state index in [2.05, 4.69) is 36.9 Å². The van der Waals surface area contributed by atoms with Crippen LogP contribution in [0.3, 0.4) is 0 Å². The summed E-state index contributed by atoms with van der Waals surface area (Å²) in [6.07, 6.45) is 3.51. The first-order valence-electron chi connectivity index (χ1n) is 8.81. The van der Waals surface area contributed by atoms with E-state index in [1.54, 1.807) is 12.1 Å². The van der Waals surface area contributed by atoms with Crippen LogP contribution in [0.2, 0.25) is 0 Å². The van der Waals surface area contributed by atoms with Gasteiger partial charge < -0.3 is 4.90 Å². The van der Waals surface area contributed by atoms with Gasteiger partial charge in [0.2, 0.25) is 0 Å². The Kier molecular flexibility index (Phi) is 7.80. The van der Waals surface area contributed by atoms with Gasteiger partial charge in [-0.05, 0) is 75.5 Å². The van der Waals surface area contributed by atoms with Gasteiger partial charge >= 0.3 is 0 Å². The Labute approximate surface area is 161 Å². The summed E-state index contributed by atoms with van der Waals surface area (Å²) < 4.78 is 12.9. The van der Waals surface area contributed by atoms with E-state index in [4.69, 9.17) is 0 Å². The monoisotopic (exact) mass is 379 g/mol. The molecule has 1 aliphatic heterocycles. The first-order chi connectivity index (χ1) is 11.6. The standard InChI is InChI=1S/C21H26FNS.ClH/c1-16-3-8-21(17(2)15-16)24-20-10-13-23(14-11-20)12-9-18-4-6-19(22)7-5-18;/h3-8,15,20H,9-14H2,1-2H3;1H. The molecule has 0 radical (unpaired) electrons. The van der Waals surface area contributed by atoms with Crippen molar-refractivity contribution in [1.82, 2.24) is 4.90 Å². The van der Waals surface area contributed by atoms with Crippen molar-refractivity contribution < 1.29 is 4.39 Å². The number of halogens is 2. The molecule has 1 fully saturated rings. The molecule has 25 heavy (non-hydrogen) atoms. The second-order valence-electron chi connectivity index (χ2n) is 6.80. The summed E-state index contributed by atoms with van der Waals surface area (Å²) in [5.74, 6) is -0.150. The number of hydrogen-bond donors (Lipinski definition) is 0. The van der Waals surface area contributed by atoms with Crippen molar-refractivity contribution in [1.29, 1.82) is 0 Å². The van der Waals surface area contributed by atoms with Crippen LogP contribution in [0.25, 0.3) is 0 Å². The van der Waals surface area contributed by atoms with Gasteiger partial charge in [-0.1, -0.05) is 29.8 Å². The quantitative estimate of drug-likeness (QED) is 0.659. The van der Waals surface area contributed by atoms with E-state index in [9.17, 15) is 4.39 Å². The van der Waals surface area contributed by atoms with E-state index < -0.39 is 0 Å². The molecule has 3 rings (SSSR count). The Hall–Kier alpha value is -1.03. The summed E-state index contributed by atoms with van der Waals surface area (Å²) in [5.41, 5.74) is 3.97. The van der Waals surface area contributed by atoms with Crippen LogP contribution in [0.4, 0.5) is 4.39 Å². The summed E-state index contributed by atoms with van der Waals surface area (Å²) in [6, 6.07) is 13.7. The average molecular weight is 380 g/mol. The fraction of sp³-hybridized carbons (Fsp3) is 0.429. The molecule has 1 nitrogen and oxygen atoms in total. The highest BCUT2D eigenvalue weighted by molar-refractivity contribution is 8.00. The predicted molar refractivity (Wildman–Crippen MR) is 109 cm³/mol. The smallest absolute Gasteiger partial charge is 0.123 e. The van der Waals surface area contributed by atoms with Crippen molar-refractivity contribution >= 4 is 24.2 Å². The van der Waals surface area contributed by atoms with Gasteiger partial charge in [-0.15, -0.1) is 24.2 Å². The lowest BCUT2D eigenvalue weighted by molar-refractivity contribution is 0.235. The lowest BCUT2D eigenvalue weighted by Crippen LogP contribution is -2.36. The average Bonchev–Trinajstić information content (AvgIpc) is 2.58.